The van der Waals surface area contributed by atoms with Crippen molar-refractivity contribution in [1.29, 1.82) is 0 Å². The van der Waals surface area contributed by atoms with E-state index in [1.165, 1.54) is 0 Å². The van der Waals surface area contributed by atoms with E-state index in [2.05, 4.69) is 15.5 Å². The standard InChI is InChI=1S/C12H11Cl2N3O/c1-7-5-11(17-16-7)15-12(18)6-8-9(13)3-2-4-10(8)14/h2-5H,6H2,1H3,(H2,15,16,17,18). The Morgan fingerprint density at radius 1 is 1.39 bits per heavy atom. The summed E-state index contributed by atoms with van der Waals surface area (Å²) in [6, 6.07) is 6.89. The number of nitrogens with one attached hydrogen (secondary N) is 2. The first-order valence-corrected chi connectivity index (χ1v) is 6.06. The summed E-state index contributed by atoms with van der Waals surface area (Å²) in [6.07, 6.45) is 0.115. The van der Waals surface area contributed by atoms with E-state index in [9.17, 15) is 4.79 Å². The summed E-state index contributed by atoms with van der Waals surface area (Å²) in [4.78, 5) is 11.8. The van der Waals surface area contributed by atoms with E-state index in [-0.39, 0.29) is 12.3 Å². The maximum absolute atomic E-state index is 11.8. The predicted octanol–water partition coefficient (Wildman–Crippen LogP) is 3.21. The number of H-pyrrole nitrogens is 1. The van der Waals surface area contributed by atoms with Gasteiger partial charge in [-0.1, -0.05) is 29.3 Å². The molecule has 1 aromatic heterocycles. The molecule has 1 heterocycles. The van der Waals surface area contributed by atoms with Crippen LogP contribution in [-0.4, -0.2) is 16.1 Å². The molecule has 94 valence electrons. The minimum atomic E-state index is -0.212. The molecule has 0 fully saturated rings. The van der Waals surface area contributed by atoms with Crippen molar-refractivity contribution in [3.63, 3.8) is 0 Å². The molecule has 0 aliphatic heterocycles. The monoisotopic (exact) mass is 283 g/mol. The Hall–Kier alpha value is -1.52. The summed E-state index contributed by atoms with van der Waals surface area (Å²) >= 11 is 12.0. The maximum Gasteiger partial charge on any atom is 0.230 e. The minimum absolute atomic E-state index is 0.115. The van der Waals surface area contributed by atoms with Crippen LogP contribution in [0.5, 0.6) is 0 Å². The summed E-state index contributed by atoms with van der Waals surface area (Å²) in [5, 5.41) is 10.3. The van der Waals surface area contributed by atoms with E-state index in [1.807, 2.05) is 6.92 Å². The van der Waals surface area contributed by atoms with Crippen molar-refractivity contribution in [1.82, 2.24) is 10.2 Å². The average molecular weight is 284 g/mol. The predicted molar refractivity (Wildman–Crippen MR) is 72.1 cm³/mol. The molecule has 1 aromatic carbocycles. The summed E-state index contributed by atoms with van der Waals surface area (Å²) in [5.74, 6) is 0.275. The number of carbonyl (C=O) groups excluding carboxylic acids is 1. The molecular formula is C12H11Cl2N3O. The van der Waals surface area contributed by atoms with Crippen LogP contribution in [0.15, 0.2) is 24.3 Å². The highest BCUT2D eigenvalue weighted by molar-refractivity contribution is 6.36. The largest absolute Gasteiger partial charge is 0.309 e. The fraction of sp³-hybridized carbons (Fsp3) is 0.167. The molecule has 0 spiro atoms. The smallest absolute Gasteiger partial charge is 0.230 e. The molecule has 0 radical (unpaired) electrons. The zero-order chi connectivity index (χ0) is 13.1. The molecule has 1 amide bonds. The molecule has 0 aliphatic carbocycles. The highest BCUT2D eigenvalue weighted by Gasteiger charge is 2.11. The van der Waals surface area contributed by atoms with Gasteiger partial charge in [0.2, 0.25) is 5.91 Å². The zero-order valence-electron chi connectivity index (χ0n) is 9.63. The van der Waals surface area contributed by atoms with Gasteiger partial charge in [0.05, 0.1) is 6.42 Å². The molecule has 2 N–H and O–H groups in total. The van der Waals surface area contributed by atoms with Crippen molar-refractivity contribution in [3.05, 3.63) is 45.6 Å². The number of nitrogens with zero attached hydrogens (tertiary/aromatic N) is 1. The fourth-order valence-electron chi connectivity index (χ4n) is 1.53. The molecule has 18 heavy (non-hydrogen) atoms. The minimum Gasteiger partial charge on any atom is -0.309 e. The highest BCUT2D eigenvalue weighted by Crippen LogP contribution is 2.24. The van der Waals surface area contributed by atoms with Crippen LogP contribution in [0.25, 0.3) is 0 Å². The average Bonchev–Trinajstić information content (AvgIpc) is 2.69. The number of anilines is 1. The van der Waals surface area contributed by atoms with Crippen molar-refractivity contribution >= 4 is 34.9 Å². The number of aromatic amines is 1. The van der Waals surface area contributed by atoms with Gasteiger partial charge in [0.25, 0.3) is 0 Å². The van der Waals surface area contributed by atoms with E-state index in [4.69, 9.17) is 23.2 Å². The molecule has 0 unspecified atom stereocenters. The quantitative estimate of drug-likeness (QED) is 0.909. The SMILES string of the molecule is Cc1cc(NC(=O)Cc2c(Cl)cccc2Cl)n[nH]1. The second kappa shape index (κ2) is 5.42. The Labute approximate surface area is 114 Å². The lowest BCUT2D eigenvalue weighted by Crippen LogP contribution is -2.15. The molecule has 0 atom stereocenters. The van der Waals surface area contributed by atoms with Gasteiger partial charge in [-0.25, -0.2) is 0 Å². The van der Waals surface area contributed by atoms with E-state index in [1.54, 1.807) is 24.3 Å². The Bertz CT molecular complexity index is 560. The van der Waals surface area contributed by atoms with E-state index in [0.29, 0.717) is 21.4 Å². The van der Waals surface area contributed by atoms with Crippen LogP contribution in [0.2, 0.25) is 10.0 Å². The van der Waals surface area contributed by atoms with Crippen LogP contribution in [0.3, 0.4) is 0 Å². The van der Waals surface area contributed by atoms with Crippen molar-refractivity contribution in [2.24, 2.45) is 0 Å². The van der Waals surface area contributed by atoms with Crippen molar-refractivity contribution in [2.75, 3.05) is 5.32 Å². The maximum atomic E-state index is 11.8. The summed E-state index contributed by atoms with van der Waals surface area (Å²) in [5.41, 5.74) is 1.49. The summed E-state index contributed by atoms with van der Waals surface area (Å²) in [7, 11) is 0. The van der Waals surface area contributed by atoms with Gasteiger partial charge in [0.15, 0.2) is 5.82 Å². The molecule has 2 rings (SSSR count). The Balaban J connectivity index is 2.08. The van der Waals surface area contributed by atoms with Gasteiger partial charge in [-0.05, 0) is 24.6 Å². The molecule has 6 heteroatoms. The second-order valence-electron chi connectivity index (χ2n) is 3.86. The number of aryl methyl sites for hydroxylation is 1. The molecule has 0 aliphatic rings. The number of hydrogen-bond acceptors (Lipinski definition) is 2. The van der Waals surface area contributed by atoms with Crippen LogP contribution in [0, 0.1) is 6.92 Å². The molecule has 4 nitrogen and oxygen atoms in total. The summed E-state index contributed by atoms with van der Waals surface area (Å²) < 4.78 is 0. The third-order valence-electron chi connectivity index (χ3n) is 2.37. The van der Waals surface area contributed by atoms with Gasteiger partial charge in [0.1, 0.15) is 0 Å². The first-order chi connectivity index (χ1) is 8.56. The van der Waals surface area contributed by atoms with E-state index < -0.39 is 0 Å². The normalized spacial score (nSPS) is 10.4. The van der Waals surface area contributed by atoms with Gasteiger partial charge in [0, 0.05) is 21.8 Å². The lowest BCUT2D eigenvalue weighted by Gasteiger charge is -2.06. The number of hydrogen-bond donors (Lipinski definition) is 2. The second-order valence-corrected chi connectivity index (χ2v) is 4.68. The van der Waals surface area contributed by atoms with Crippen LogP contribution in [0.1, 0.15) is 11.3 Å². The zero-order valence-corrected chi connectivity index (χ0v) is 11.1. The number of rotatable bonds is 3. The lowest BCUT2D eigenvalue weighted by molar-refractivity contribution is -0.115. The van der Waals surface area contributed by atoms with Crippen LogP contribution >= 0.6 is 23.2 Å². The van der Waals surface area contributed by atoms with Gasteiger partial charge in [-0.3, -0.25) is 9.89 Å². The van der Waals surface area contributed by atoms with Gasteiger partial charge in [-0.15, -0.1) is 0 Å². The Morgan fingerprint density at radius 3 is 2.61 bits per heavy atom. The number of carbonyl (C=O) groups is 1. The first kappa shape index (κ1) is 12.9. The third-order valence-corrected chi connectivity index (χ3v) is 3.08. The Morgan fingerprint density at radius 2 is 2.06 bits per heavy atom. The number of amides is 1. The molecule has 0 saturated heterocycles. The molecule has 0 bridgehead atoms. The van der Waals surface area contributed by atoms with Crippen LogP contribution in [-0.2, 0) is 11.2 Å². The fourth-order valence-corrected chi connectivity index (χ4v) is 2.06. The third kappa shape index (κ3) is 3.03. The number of halogens is 2. The molecule has 0 saturated carbocycles. The Kier molecular flexibility index (Phi) is 3.89. The first-order valence-electron chi connectivity index (χ1n) is 5.31. The lowest BCUT2D eigenvalue weighted by atomic mass is 10.1. The number of benzene rings is 1. The van der Waals surface area contributed by atoms with Gasteiger partial charge >= 0.3 is 0 Å². The van der Waals surface area contributed by atoms with Crippen LogP contribution in [0.4, 0.5) is 5.82 Å². The van der Waals surface area contributed by atoms with Crippen molar-refractivity contribution in [3.8, 4) is 0 Å². The number of aromatic nitrogens is 2. The van der Waals surface area contributed by atoms with Crippen molar-refractivity contribution < 1.29 is 4.79 Å². The molecular weight excluding hydrogens is 273 g/mol. The van der Waals surface area contributed by atoms with E-state index in [0.717, 1.165) is 5.69 Å². The van der Waals surface area contributed by atoms with Crippen molar-refractivity contribution in [2.45, 2.75) is 13.3 Å². The van der Waals surface area contributed by atoms with E-state index >= 15 is 0 Å². The van der Waals surface area contributed by atoms with Crippen LogP contribution < -0.4 is 5.32 Å². The molecule has 2 aromatic rings. The topological polar surface area (TPSA) is 57.8 Å². The summed E-state index contributed by atoms with van der Waals surface area (Å²) in [6.45, 7) is 1.85. The van der Waals surface area contributed by atoms with Gasteiger partial charge in [-0.2, -0.15) is 5.10 Å². The van der Waals surface area contributed by atoms with Gasteiger partial charge < -0.3 is 5.32 Å². The highest BCUT2D eigenvalue weighted by atomic mass is 35.5.